The molecule has 0 unspecified atom stereocenters. The van der Waals surface area contributed by atoms with E-state index >= 15 is 0 Å². The van der Waals surface area contributed by atoms with E-state index in [2.05, 4.69) is 26.8 Å². The monoisotopic (exact) mass is 260 g/mol. The van der Waals surface area contributed by atoms with E-state index in [4.69, 9.17) is 5.73 Å². The maximum atomic E-state index is 11.5. The Labute approximate surface area is 112 Å². The standard InChI is InChI=1S/C15H20N2O2/c1-15(2,3)11-8-10-4-6-17(7-5-16)13(10)12(9-11)14(18)19/h4,6,8-9H,5,7,16H2,1-3H3,(H,18,19). The predicted octanol–water partition coefficient (Wildman–Crippen LogP) is 2.60. The first kappa shape index (κ1) is 13.6. The van der Waals surface area contributed by atoms with E-state index in [1.165, 1.54) is 0 Å². The molecule has 0 aliphatic heterocycles. The molecule has 4 heteroatoms. The molecule has 0 aliphatic rings. The number of rotatable bonds is 3. The van der Waals surface area contributed by atoms with Crippen LogP contribution in [0.25, 0.3) is 10.9 Å². The summed E-state index contributed by atoms with van der Waals surface area (Å²) in [5.41, 5.74) is 7.63. The van der Waals surface area contributed by atoms with Crippen LogP contribution in [0.3, 0.4) is 0 Å². The molecule has 3 N–H and O–H groups in total. The SMILES string of the molecule is CC(C)(C)c1cc(C(=O)O)c2c(ccn2CCN)c1. The van der Waals surface area contributed by atoms with Crippen LogP contribution in [-0.4, -0.2) is 22.2 Å². The highest BCUT2D eigenvalue weighted by Gasteiger charge is 2.20. The molecule has 0 spiro atoms. The largest absolute Gasteiger partial charge is 0.478 e. The number of benzene rings is 1. The van der Waals surface area contributed by atoms with E-state index in [0.717, 1.165) is 16.5 Å². The zero-order valence-electron chi connectivity index (χ0n) is 11.6. The van der Waals surface area contributed by atoms with Crippen molar-refractivity contribution in [1.82, 2.24) is 4.57 Å². The Hall–Kier alpha value is -1.81. The molecule has 1 aromatic heterocycles. The van der Waals surface area contributed by atoms with Crippen LogP contribution in [0, 0.1) is 0 Å². The second-order valence-corrected chi connectivity index (χ2v) is 5.81. The number of carboxylic acids is 1. The lowest BCUT2D eigenvalue weighted by molar-refractivity contribution is 0.0698. The van der Waals surface area contributed by atoms with Gasteiger partial charge in [0.05, 0.1) is 11.1 Å². The maximum absolute atomic E-state index is 11.5. The van der Waals surface area contributed by atoms with Gasteiger partial charge in [0.1, 0.15) is 0 Å². The van der Waals surface area contributed by atoms with Crippen LogP contribution in [0.5, 0.6) is 0 Å². The van der Waals surface area contributed by atoms with Gasteiger partial charge in [0.15, 0.2) is 0 Å². The average Bonchev–Trinajstić information content (AvgIpc) is 2.70. The molecule has 2 rings (SSSR count). The fourth-order valence-corrected chi connectivity index (χ4v) is 2.27. The highest BCUT2D eigenvalue weighted by molar-refractivity contribution is 6.03. The van der Waals surface area contributed by atoms with Gasteiger partial charge in [-0.05, 0) is 29.2 Å². The summed E-state index contributed by atoms with van der Waals surface area (Å²) in [5.74, 6) is -0.895. The first-order valence-electron chi connectivity index (χ1n) is 6.41. The molecule has 1 heterocycles. The molecule has 102 valence electrons. The topological polar surface area (TPSA) is 68.2 Å². The number of carboxylic acid groups (broad SMARTS) is 1. The lowest BCUT2D eigenvalue weighted by atomic mass is 9.85. The zero-order valence-corrected chi connectivity index (χ0v) is 11.6. The van der Waals surface area contributed by atoms with Gasteiger partial charge in [-0.25, -0.2) is 4.79 Å². The molecular weight excluding hydrogens is 240 g/mol. The summed E-state index contributed by atoms with van der Waals surface area (Å²) in [6.07, 6.45) is 1.90. The van der Waals surface area contributed by atoms with Crippen molar-refractivity contribution < 1.29 is 9.90 Å². The van der Waals surface area contributed by atoms with Gasteiger partial charge in [-0.1, -0.05) is 20.8 Å². The molecule has 0 saturated heterocycles. The quantitative estimate of drug-likeness (QED) is 0.891. The van der Waals surface area contributed by atoms with E-state index in [9.17, 15) is 9.90 Å². The number of fused-ring (bicyclic) bond motifs is 1. The fraction of sp³-hybridized carbons (Fsp3) is 0.400. The van der Waals surface area contributed by atoms with E-state index < -0.39 is 5.97 Å². The van der Waals surface area contributed by atoms with E-state index in [-0.39, 0.29) is 5.41 Å². The summed E-state index contributed by atoms with van der Waals surface area (Å²) >= 11 is 0. The number of aromatic nitrogens is 1. The Bertz CT molecular complexity index is 621. The highest BCUT2D eigenvalue weighted by Crippen LogP contribution is 2.29. The minimum Gasteiger partial charge on any atom is -0.478 e. The minimum absolute atomic E-state index is 0.0750. The van der Waals surface area contributed by atoms with Crippen LogP contribution >= 0.6 is 0 Å². The van der Waals surface area contributed by atoms with Crippen molar-refractivity contribution in [3.8, 4) is 0 Å². The molecule has 0 atom stereocenters. The zero-order chi connectivity index (χ0) is 14.2. The first-order valence-corrected chi connectivity index (χ1v) is 6.41. The third-order valence-electron chi connectivity index (χ3n) is 3.33. The molecule has 0 amide bonds. The Morgan fingerprint density at radius 1 is 1.37 bits per heavy atom. The summed E-state index contributed by atoms with van der Waals surface area (Å²) in [7, 11) is 0. The molecule has 1 aromatic carbocycles. The molecule has 0 bridgehead atoms. The lowest BCUT2D eigenvalue weighted by Crippen LogP contribution is -2.14. The van der Waals surface area contributed by atoms with Crippen molar-refractivity contribution in [3.63, 3.8) is 0 Å². The lowest BCUT2D eigenvalue weighted by Gasteiger charge is -2.20. The predicted molar refractivity (Wildman–Crippen MR) is 76.7 cm³/mol. The Balaban J connectivity index is 2.74. The minimum atomic E-state index is -0.895. The van der Waals surface area contributed by atoms with Gasteiger partial charge in [-0.15, -0.1) is 0 Å². The number of hydrogen-bond acceptors (Lipinski definition) is 2. The van der Waals surface area contributed by atoms with Gasteiger partial charge in [0, 0.05) is 24.7 Å². The van der Waals surface area contributed by atoms with E-state index in [1.54, 1.807) is 6.07 Å². The molecule has 0 aliphatic carbocycles. The van der Waals surface area contributed by atoms with Gasteiger partial charge in [0.2, 0.25) is 0 Å². The van der Waals surface area contributed by atoms with E-state index in [0.29, 0.717) is 18.7 Å². The Kier molecular flexibility index (Phi) is 3.37. The summed E-state index contributed by atoms with van der Waals surface area (Å²) in [4.78, 5) is 11.5. The van der Waals surface area contributed by atoms with Crippen LogP contribution in [0.1, 0.15) is 36.7 Å². The van der Waals surface area contributed by atoms with E-state index in [1.807, 2.05) is 16.8 Å². The van der Waals surface area contributed by atoms with Crippen molar-refractivity contribution in [3.05, 3.63) is 35.5 Å². The van der Waals surface area contributed by atoms with Crippen molar-refractivity contribution >= 4 is 16.9 Å². The summed E-state index contributed by atoms with van der Waals surface area (Å²) in [6, 6.07) is 5.79. The van der Waals surface area contributed by atoms with Crippen LogP contribution < -0.4 is 5.73 Å². The Morgan fingerprint density at radius 3 is 2.58 bits per heavy atom. The van der Waals surface area contributed by atoms with Gasteiger partial charge < -0.3 is 15.4 Å². The smallest absolute Gasteiger partial charge is 0.337 e. The van der Waals surface area contributed by atoms with Crippen LogP contribution in [-0.2, 0) is 12.0 Å². The van der Waals surface area contributed by atoms with Gasteiger partial charge in [-0.3, -0.25) is 0 Å². The first-order chi connectivity index (χ1) is 8.84. The van der Waals surface area contributed by atoms with Crippen molar-refractivity contribution in [2.75, 3.05) is 6.54 Å². The van der Waals surface area contributed by atoms with Crippen molar-refractivity contribution in [2.24, 2.45) is 5.73 Å². The number of hydrogen-bond donors (Lipinski definition) is 2. The average molecular weight is 260 g/mol. The molecule has 2 aromatic rings. The number of aromatic carboxylic acids is 1. The number of carbonyl (C=O) groups is 1. The van der Waals surface area contributed by atoms with Crippen LogP contribution in [0.4, 0.5) is 0 Å². The second kappa shape index (κ2) is 4.70. The van der Waals surface area contributed by atoms with Gasteiger partial charge in [0.25, 0.3) is 0 Å². The third kappa shape index (κ3) is 2.49. The normalized spacial score (nSPS) is 12.0. The number of nitrogens with zero attached hydrogens (tertiary/aromatic N) is 1. The molecule has 0 radical (unpaired) electrons. The Morgan fingerprint density at radius 2 is 2.05 bits per heavy atom. The third-order valence-corrected chi connectivity index (χ3v) is 3.33. The molecule has 4 nitrogen and oxygen atoms in total. The molecule has 19 heavy (non-hydrogen) atoms. The number of nitrogens with two attached hydrogens (primary N) is 1. The fourth-order valence-electron chi connectivity index (χ4n) is 2.27. The summed E-state index contributed by atoms with van der Waals surface area (Å²) in [6.45, 7) is 7.35. The van der Waals surface area contributed by atoms with Gasteiger partial charge >= 0.3 is 5.97 Å². The summed E-state index contributed by atoms with van der Waals surface area (Å²) < 4.78 is 1.91. The van der Waals surface area contributed by atoms with Crippen molar-refractivity contribution in [1.29, 1.82) is 0 Å². The van der Waals surface area contributed by atoms with Crippen LogP contribution in [0.2, 0.25) is 0 Å². The maximum Gasteiger partial charge on any atom is 0.337 e. The summed E-state index contributed by atoms with van der Waals surface area (Å²) in [5, 5.41) is 10.4. The molecule has 0 saturated carbocycles. The van der Waals surface area contributed by atoms with Crippen molar-refractivity contribution in [2.45, 2.75) is 32.7 Å². The molecular formula is C15H20N2O2. The second-order valence-electron chi connectivity index (χ2n) is 5.81. The van der Waals surface area contributed by atoms with Gasteiger partial charge in [-0.2, -0.15) is 0 Å². The highest BCUT2D eigenvalue weighted by atomic mass is 16.4. The van der Waals surface area contributed by atoms with Crippen LogP contribution in [0.15, 0.2) is 24.4 Å². The molecule has 0 fully saturated rings.